The van der Waals surface area contributed by atoms with Crippen LogP contribution in [0, 0.1) is 47.3 Å². The van der Waals surface area contributed by atoms with E-state index in [1.165, 1.54) is 6.42 Å². The van der Waals surface area contributed by atoms with Gasteiger partial charge in [-0.2, -0.15) is 0 Å². The highest BCUT2D eigenvalue weighted by Crippen LogP contribution is 2.82. The van der Waals surface area contributed by atoms with E-state index >= 15 is 0 Å². The molecule has 13 heavy (non-hydrogen) atoms. The van der Waals surface area contributed by atoms with E-state index in [4.69, 9.17) is 0 Å². The number of Topliss-reactive ketones (excluding diaryl/α,β-unsaturated/α-hetero) is 1. The van der Waals surface area contributed by atoms with Gasteiger partial charge >= 0.3 is 0 Å². The van der Waals surface area contributed by atoms with Gasteiger partial charge in [0.05, 0.1) is 0 Å². The molecule has 6 saturated carbocycles. The number of carbonyl (C=O) groups is 1. The fourth-order valence-electron chi connectivity index (χ4n) is 6.20. The van der Waals surface area contributed by atoms with Crippen LogP contribution in [-0.2, 0) is 4.79 Å². The van der Waals surface area contributed by atoms with Crippen LogP contribution in [-0.4, -0.2) is 10.6 Å². The lowest BCUT2D eigenvalue weighted by Gasteiger charge is -2.32. The van der Waals surface area contributed by atoms with E-state index in [1.807, 2.05) is 0 Å². The van der Waals surface area contributed by atoms with Gasteiger partial charge in [-0.25, -0.2) is 0 Å². The van der Waals surface area contributed by atoms with Crippen molar-refractivity contribution >= 4 is 21.7 Å². The molecule has 6 fully saturated rings. The van der Waals surface area contributed by atoms with Crippen molar-refractivity contribution in [3.8, 4) is 0 Å². The Labute approximate surface area is 85.4 Å². The summed E-state index contributed by atoms with van der Waals surface area (Å²) < 4.78 is 0. The van der Waals surface area contributed by atoms with Crippen LogP contribution in [0.2, 0.25) is 0 Å². The number of rotatable bonds is 0. The molecular weight excluding hydrogens is 228 g/mol. The van der Waals surface area contributed by atoms with E-state index in [-0.39, 0.29) is 0 Å². The summed E-state index contributed by atoms with van der Waals surface area (Å²) >= 11 is 3.86. The van der Waals surface area contributed by atoms with Gasteiger partial charge in [0.1, 0.15) is 5.78 Å². The molecule has 0 aliphatic heterocycles. The molecule has 0 N–H and O–H groups in total. The minimum Gasteiger partial charge on any atom is -0.299 e. The second kappa shape index (κ2) is 1.56. The molecular formula is C11H11BrO. The van der Waals surface area contributed by atoms with Gasteiger partial charge in [0, 0.05) is 16.7 Å². The molecule has 0 aromatic carbocycles. The minimum absolute atomic E-state index is 0.521. The zero-order valence-corrected chi connectivity index (χ0v) is 8.78. The topological polar surface area (TPSA) is 17.1 Å². The molecule has 0 spiro atoms. The monoisotopic (exact) mass is 238 g/mol. The smallest absolute Gasteiger partial charge is 0.140 e. The van der Waals surface area contributed by atoms with Gasteiger partial charge in [-0.1, -0.05) is 15.9 Å². The van der Waals surface area contributed by atoms with E-state index in [1.54, 1.807) is 0 Å². The fourth-order valence-corrected chi connectivity index (χ4v) is 7.62. The van der Waals surface area contributed by atoms with Crippen LogP contribution in [0.5, 0.6) is 0 Å². The number of ketones is 1. The van der Waals surface area contributed by atoms with E-state index in [9.17, 15) is 4.79 Å². The predicted molar refractivity (Wildman–Crippen MR) is 50.3 cm³/mol. The Bertz CT molecular complexity index is 350. The Kier molecular flexibility index (Phi) is 0.790. The molecule has 6 aliphatic carbocycles. The Morgan fingerprint density at radius 2 is 1.77 bits per heavy atom. The van der Waals surface area contributed by atoms with Crippen molar-refractivity contribution in [2.24, 2.45) is 47.3 Å². The second-order valence-corrected chi connectivity index (χ2v) is 6.83. The third kappa shape index (κ3) is 0.397. The first-order chi connectivity index (χ1) is 6.30. The first-order valence-corrected chi connectivity index (χ1v) is 6.40. The molecule has 6 bridgehead atoms. The summed E-state index contributed by atoms with van der Waals surface area (Å²) in [5, 5.41) is 0. The van der Waals surface area contributed by atoms with Gasteiger partial charge in [-0.3, -0.25) is 4.79 Å². The average Bonchev–Trinajstić information content (AvgIpc) is 2.78. The summed E-state index contributed by atoms with van der Waals surface area (Å²) in [6, 6.07) is 0. The molecule has 0 heterocycles. The molecule has 0 aromatic rings. The minimum atomic E-state index is 0.521. The highest BCUT2D eigenvalue weighted by molar-refractivity contribution is 9.09. The zero-order valence-electron chi connectivity index (χ0n) is 7.19. The lowest BCUT2D eigenvalue weighted by molar-refractivity contribution is -0.122. The lowest BCUT2D eigenvalue weighted by Crippen LogP contribution is -2.30. The molecule has 2 heteroatoms. The molecule has 0 radical (unpaired) electrons. The fraction of sp³-hybridized carbons (Fsp3) is 0.909. The number of carbonyl (C=O) groups excluding carboxylic acids is 1. The molecule has 68 valence electrons. The zero-order chi connectivity index (χ0) is 8.48. The Hall–Kier alpha value is 0.150. The van der Waals surface area contributed by atoms with E-state index < -0.39 is 0 Å². The predicted octanol–water partition coefficient (Wildman–Crippen LogP) is 1.71. The SMILES string of the molecule is O=C1[C@H]2[C@H]3[C@H]4C[C@@H]5[C@H]3[C@H](Br)[C@@H]2[C@@H]5[C@@H]14. The third-order valence-corrected chi connectivity index (χ3v) is 7.24. The van der Waals surface area contributed by atoms with Gasteiger partial charge in [0.2, 0.25) is 0 Å². The molecule has 6 rings (SSSR count). The van der Waals surface area contributed by atoms with Crippen LogP contribution >= 0.6 is 15.9 Å². The van der Waals surface area contributed by atoms with Crippen molar-refractivity contribution < 1.29 is 4.79 Å². The molecule has 0 amide bonds. The largest absolute Gasteiger partial charge is 0.299 e. The lowest BCUT2D eigenvalue weighted by atomic mass is 9.71. The van der Waals surface area contributed by atoms with E-state index in [2.05, 4.69) is 15.9 Å². The average molecular weight is 239 g/mol. The van der Waals surface area contributed by atoms with Crippen LogP contribution in [0.4, 0.5) is 0 Å². The van der Waals surface area contributed by atoms with Crippen LogP contribution in [0.25, 0.3) is 0 Å². The molecule has 6 aliphatic rings. The first kappa shape index (κ1) is 6.60. The molecule has 1 nitrogen and oxygen atoms in total. The number of hydrogen-bond donors (Lipinski definition) is 0. The van der Waals surface area contributed by atoms with E-state index in [0.717, 1.165) is 40.3 Å². The second-order valence-electron chi connectivity index (χ2n) is 5.77. The molecule has 9 atom stereocenters. The highest BCUT2D eigenvalue weighted by atomic mass is 79.9. The maximum atomic E-state index is 12.0. The van der Waals surface area contributed by atoms with Crippen LogP contribution < -0.4 is 0 Å². The van der Waals surface area contributed by atoms with Gasteiger partial charge in [-0.05, 0) is 41.9 Å². The van der Waals surface area contributed by atoms with Crippen molar-refractivity contribution in [3.63, 3.8) is 0 Å². The van der Waals surface area contributed by atoms with Crippen LogP contribution in [0.15, 0.2) is 0 Å². The third-order valence-electron chi connectivity index (χ3n) is 6.01. The van der Waals surface area contributed by atoms with Crippen molar-refractivity contribution in [3.05, 3.63) is 0 Å². The Morgan fingerprint density at radius 1 is 1.00 bits per heavy atom. The van der Waals surface area contributed by atoms with Crippen molar-refractivity contribution in [2.45, 2.75) is 11.2 Å². The summed E-state index contributed by atoms with van der Waals surface area (Å²) in [5.41, 5.74) is 0. The summed E-state index contributed by atoms with van der Waals surface area (Å²) in [5.74, 6) is 6.90. The summed E-state index contributed by atoms with van der Waals surface area (Å²) in [6.07, 6.45) is 1.41. The number of halogens is 1. The standard InChI is InChI=1S/C11H11BrO/c12-10-6-2-1-3-4(6)9-8(10)5(2)7(3)11(9)13/h2-10H,1H2/t2-,3+,4-,5-,6+,7-,8+,9-,10-/m0/s1. The summed E-state index contributed by atoms with van der Waals surface area (Å²) in [4.78, 5) is 12.7. The van der Waals surface area contributed by atoms with Gasteiger partial charge < -0.3 is 0 Å². The van der Waals surface area contributed by atoms with Gasteiger partial charge in [-0.15, -0.1) is 0 Å². The quantitative estimate of drug-likeness (QED) is 0.588. The van der Waals surface area contributed by atoms with Crippen LogP contribution in [0.1, 0.15) is 6.42 Å². The normalized spacial score (nSPS) is 79.8. The number of hydrogen-bond acceptors (Lipinski definition) is 1. The van der Waals surface area contributed by atoms with Gasteiger partial charge in [0.15, 0.2) is 0 Å². The van der Waals surface area contributed by atoms with Gasteiger partial charge in [0.25, 0.3) is 0 Å². The highest BCUT2D eigenvalue weighted by Gasteiger charge is 2.83. The Morgan fingerprint density at radius 3 is 2.54 bits per heavy atom. The van der Waals surface area contributed by atoms with E-state index in [0.29, 0.717) is 17.6 Å². The molecule has 0 aromatic heterocycles. The van der Waals surface area contributed by atoms with Crippen LogP contribution in [0.3, 0.4) is 0 Å². The summed E-state index contributed by atoms with van der Waals surface area (Å²) in [6.45, 7) is 0. The summed E-state index contributed by atoms with van der Waals surface area (Å²) in [7, 11) is 0. The molecule has 0 saturated heterocycles. The van der Waals surface area contributed by atoms with Crippen molar-refractivity contribution in [2.75, 3.05) is 0 Å². The van der Waals surface area contributed by atoms with Crippen molar-refractivity contribution in [1.29, 1.82) is 0 Å². The number of alkyl halides is 1. The van der Waals surface area contributed by atoms with Crippen molar-refractivity contribution in [1.82, 2.24) is 0 Å². The first-order valence-electron chi connectivity index (χ1n) is 5.48. The maximum Gasteiger partial charge on any atom is 0.140 e. The molecule has 0 unspecified atom stereocenters. The Balaban J connectivity index is 1.90. The maximum absolute atomic E-state index is 12.0.